The number of nitrogens with zero attached hydrogens (tertiary/aromatic N) is 2. The molecule has 4 amide bonds. The van der Waals surface area contributed by atoms with Crippen LogP contribution in [-0.2, 0) is 36.9 Å². The van der Waals surface area contributed by atoms with Gasteiger partial charge in [0.1, 0.15) is 17.2 Å². The van der Waals surface area contributed by atoms with E-state index in [9.17, 15) is 19.2 Å². The summed E-state index contributed by atoms with van der Waals surface area (Å²) >= 11 is 0. The van der Waals surface area contributed by atoms with Crippen molar-refractivity contribution < 1.29 is 28.7 Å². The minimum atomic E-state index is -1.38. The second-order valence-corrected chi connectivity index (χ2v) is 13.5. The zero-order valence-electron chi connectivity index (χ0n) is 26.7. The number of amides is 4. The number of rotatable bonds is 10. The third-order valence-electron chi connectivity index (χ3n) is 8.32. The predicted molar refractivity (Wildman–Crippen MR) is 166 cm³/mol. The van der Waals surface area contributed by atoms with Gasteiger partial charge >= 0.3 is 6.09 Å². The summed E-state index contributed by atoms with van der Waals surface area (Å²) in [5.74, 6) is -0.737. The molecule has 2 heterocycles. The van der Waals surface area contributed by atoms with Crippen LogP contribution in [0, 0.1) is 11.3 Å². The molecular formula is C34H46N4O6. The van der Waals surface area contributed by atoms with Crippen LogP contribution in [0.4, 0.5) is 4.79 Å². The van der Waals surface area contributed by atoms with Crippen molar-refractivity contribution in [3.63, 3.8) is 0 Å². The number of carbonyl (C=O) groups excluding carboxylic acids is 4. The van der Waals surface area contributed by atoms with Gasteiger partial charge in [-0.05, 0) is 64.5 Å². The third kappa shape index (κ3) is 7.96. The fourth-order valence-corrected chi connectivity index (χ4v) is 6.08. The number of piperidine rings is 1. The molecule has 3 atom stereocenters. The maximum absolute atomic E-state index is 14.2. The Morgan fingerprint density at radius 3 is 2.20 bits per heavy atom. The average molecular weight is 607 g/mol. The molecule has 0 aliphatic carbocycles. The second kappa shape index (κ2) is 13.4. The van der Waals surface area contributed by atoms with E-state index < -0.39 is 34.6 Å². The van der Waals surface area contributed by atoms with E-state index >= 15 is 0 Å². The molecule has 2 aromatic carbocycles. The standard InChI is InChI=1S/C34H46N4O6/c1-32(2,3)44-31(42)36-33(4,5)29(40)35-27(22-43-21-25-15-11-8-12-16-25)28(39)38-18-17-26-20-37(6)30(41)34(26,23-38)19-24-13-9-7-10-14-24/h7-16,26-27H,17-23H2,1-6H3,(H,35,40)(H,36,42). The molecule has 44 heavy (non-hydrogen) atoms. The van der Waals surface area contributed by atoms with E-state index in [4.69, 9.17) is 9.47 Å². The minimum absolute atomic E-state index is 0.0347. The summed E-state index contributed by atoms with van der Waals surface area (Å²) in [5.41, 5.74) is -0.901. The van der Waals surface area contributed by atoms with Gasteiger partial charge in [0.15, 0.2) is 0 Å². The van der Waals surface area contributed by atoms with Crippen LogP contribution in [0.1, 0.15) is 52.2 Å². The Hall–Kier alpha value is -3.92. The Balaban J connectivity index is 1.54. The highest BCUT2D eigenvalue weighted by atomic mass is 16.6. The Morgan fingerprint density at radius 2 is 1.59 bits per heavy atom. The van der Waals surface area contributed by atoms with Crippen LogP contribution >= 0.6 is 0 Å². The van der Waals surface area contributed by atoms with Crippen LogP contribution in [-0.4, -0.2) is 84.1 Å². The molecule has 0 bridgehead atoms. The van der Waals surface area contributed by atoms with Crippen molar-refractivity contribution in [3.8, 4) is 0 Å². The van der Waals surface area contributed by atoms with Crippen molar-refractivity contribution in [2.24, 2.45) is 11.3 Å². The number of alkyl carbamates (subject to hydrolysis) is 1. The molecule has 2 aliphatic rings. The number of fused-ring (bicyclic) bond motifs is 1. The van der Waals surface area contributed by atoms with Crippen LogP contribution < -0.4 is 10.6 Å². The van der Waals surface area contributed by atoms with Gasteiger partial charge in [0.05, 0.1) is 18.6 Å². The van der Waals surface area contributed by atoms with Crippen LogP contribution in [0.5, 0.6) is 0 Å². The first-order valence-corrected chi connectivity index (χ1v) is 15.2. The maximum Gasteiger partial charge on any atom is 0.408 e. The van der Waals surface area contributed by atoms with Crippen LogP contribution in [0.15, 0.2) is 60.7 Å². The third-order valence-corrected chi connectivity index (χ3v) is 8.32. The van der Waals surface area contributed by atoms with E-state index in [0.717, 1.165) is 11.1 Å². The molecule has 10 nitrogen and oxygen atoms in total. The molecule has 0 saturated carbocycles. The highest BCUT2D eigenvalue weighted by Crippen LogP contribution is 2.45. The summed E-state index contributed by atoms with van der Waals surface area (Å²) in [7, 11) is 1.82. The predicted octanol–water partition coefficient (Wildman–Crippen LogP) is 3.54. The molecular weight excluding hydrogens is 560 g/mol. The molecule has 4 rings (SSSR count). The lowest BCUT2D eigenvalue weighted by atomic mass is 9.69. The first kappa shape index (κ1) is 33.0. The Labute approximate surface area is 260 Å². The Morgan fingerprint density at radius 1 is 0.977 bits per heavy atom. The summed E-state index contributed by atoms with van der Waals surface area (Å²) in [6.07, 6.45) is 0.459. The Kier molecular flexibility index (Phi) is 10.0. The van der Waals surface area contributed by atoms with E-state index in [2.05, 4.69) is 10.6 Å². The summed E-state index contributed by atoms with van der Waals surface area (Å²) in [6, 6.07) is 18.4. The fourth-order valence-electron chi connectivity index (χ4n) is 6.08. The molecule has 0 aromatic heterocycles. The van der Waals surface area contributed by atoms with Crippen LogP contribution in [0.25, 0.3) is 0 Å². The Bertz CT molecular complexity index is 1330. The van der Waals surface area contributed by atoms with Gasteiger partial charge in [0.25, 0.3) is 0 Å². The highest BCUT2D eigenvalue weighted by molar-refractivity contribution is 5.94. The van der Waals surface area contributed by atoms with Gasteiger partial charge in [0, 0.05) is 26.7 Å². The minimum Gasteiger partial charge on any atom is -0.444 e. The fraction of sp³-hybridized carbons (Fsp3) is 0.529. The van der Waals surface area contributed by atoms with E-state index in [1.54, 1.807) is 44.4 Å². The normalized spacial score (nSPS) is 21.0. The molecule has 0 spiro atoms. The molecule has 10 heteroatoms. The largest absolute Gasteiger partial charge is 0.444 e. The lowest BCUT2D eigenvalue weighted by Gasteiger charge is -2.44. The first-order valence-electron chi connectivity index (χ1n) is 15.2. The highest BCUT2D eigenvalue weighted by Gasteiger charge is 2.56. The van der Waals surface area contributed by atoms with E-state index in [1.807, 2.05) is 67.7 Å². The summed E-state index contributed by atoms with van der Waals surface area (Å²) in [6.45, 7) is 9.84. The number of likely N-dealkylation sites (tertiary alicyclic amines) is 2. The van der Waals surface area contributed by atoms with Gasteiger partial charge in [-0.15, -0.1) is 0 Å². The van der Waals surface area contributed by atoms with Gasteiger partial charge in [-0.25, -0.2) is 4.79 Å². The van der Waals surface area contributed by atoms with Crippen molar-refractivity contribution in [3.05, 3.63) is 71.8 Å². The van der Waals surface area contributed by atoms with Gasteiger partial charge in [0.2, 0.25) is 17.7 Å². The molecule has 2 aromatic rings. The lowest BCUT2D eigenvalue weighted by molar-refractivity contribution is -0.147. The van der Waals surface area contributed by atoms with Gasteiger partial charge in [-0.3, -0.25) is 14.4 Å². The van der Waals surface area contributed by atoms with Gasteiger partial charge < -0.3 is 29.9 Å². The molecule has 2 saturated heterocycles. The summed E-state index contributed by atoms with van der Waals surface area (Å²) in [5, 5.41) is 5.43. The number of ether oxygens (including phenoxy) is 2. The summed E-state index contributed by atoms with van der Waals surface area (Å²) < 4.78 is 11.3. The summed E-state index contributed by atoms with van der Waals surface area (Å²) in [4.78, 5) is 57.3. The zero-order valence-corrected chi connectivity index (χ0v) is 26.7. The van der Waals surface area contributed by atoms with Crippen molar-refractivity contribution in [2.75, 3.05) is 33.3 Å². The number of carbonyl (C=O) groups is 4. The molecule has 238 valence electrons. The first-order chi connectivity index (χ1) is 20.7. The second-order valence-electron chi connectivity index (χ2n) is 13.5. The number of nitrogens with one attached hydrogen (secondary N) is 2. The van der Waals surface area contributed by atoms with Gasteiger partial charge in [-0.1, -0.05) is 60.7 Å². The molecule has 2 aliphatic heterocycles. The molecule has 0 radical (unpaired) electrons. The van der Waals surface area contributed by atoms with Crippen molar-refractivity contribution in [1.29, 1.82) is 0 Å². The molecule has 3 unspecified atom stereocenters. The SMILES string of the molecule is CN1CC2CCN(C(=O)C(COCc3ccccc3)NC(=O)C(C)(C)NC(=O)OC(C)(C)C)CC2(Cc2ccccc2)C1=O. The lowest BCUT2D eigenvalue weighted by Crippen LogP contribution is -2.62. The monoisotopic (exact) mass is 606 g/mol. The van der Waals surface area contributed by atoms with Crippen LogP contribution in [0.3, 0.4) is 0 Å². The van der Waals surface area contributed by atoms with Crippen molar-refractivity contribution >= 4 is 23.8 Å². The smallest absolute Gasteiger partial charge is 0.408 e. The van der Waals surface area contributed by atoms with Crippen molar-refractivity contribution in [2.45, 2.75) is 71.2 Å². The van der Waals surface area contributed by atoms with Gasteiger partial charge in [-0.2, -0.15) is 0 Å². The van der Waals surface area contributed by atoms with E-state index in [0.29, 0.717) is 25.9 Å². The molecule has 2 fully saturated rings. The van der Waals surface area contributed by atoms with E-state index in [-0.39, 0.29) is 37.5 Å². The quantitative estimate of drug-likeness (QED) is 0.428. The number of hydrogen-bond acceptors (Lipinski definition) is 6. The number of hydrogen-bond donors (Lipinski definition) is 2. The van der Waals surface area contributed by atoms with E-state index in [1.165, 1.54) is 0 Å². The van der Waals surface area contributed by atoms with Crippen LogP contribution in [0.2, 0.25) is 0 Å². The van der Waals surface area contributed by atoms with Crippen molar-refractivity contribution in [1.82, 2.24) is 20.4 Å². The molecule has 2 N–H and O–H groups in total. The average Bonchev–Trinajstić information content (AvgIpc) is 3.20. The number of benzene rings is 2. The topological polar surface area (TPSA) is 117 Å². The maximum atomic E-state index is 14.2. The zero-order chi connectivity index (χ0) is 32.1.